The summed E-state index contributed by atoms with van der Waals surface area (Å²) in [6, 6.07) is 2.18. The zero-order chi connectivity index (χ0) is 11.7. The molecule has 2 heteroatoms. The number of aliphatic hydroxyl groups excluding tert-OH is 1. The van der Waals surface area contributed by atoms with Crippen LogP contribution >= 0.6 is 0 Å². The van der Waals surface area contributed by atoms with E-state index in [4.69, 9.17) is 4.74 Å². The van der Waals surface area contributed by atoms with Crippen molar-refractivity contribution in [2.45, 2.75) is 45.6 Å². The van der Waals surface area contributed by atoms with Gasteiger partial charge >= 0.3 is 0 Å². The molecule has 1 atom stereocenters. The third kappa shape index (κ3) is 1.82. The van der Waals surface area contributed by atoms with Gasteiger partial charge in [0.15, 0.2) is 0 Å². The molecule has 0 radical (unpaired) electrons. The zero-order valence-corrected chi connectivity index (χ0v) is 10.3. The molecule has 1 aromatic rings. The second-order valence-corrected chi connectivity index (χ2v) is 4.69. The number of fused-ring (bicyclic) bond motifs is 1. The minimum absolute atomic E-state index is 0.313. The molecule has 1 aliphatic carbocycles. The molecule has 1 aliphatic rings. The van der Waals surface area contributed by atoms with Crippen LogP contribution in [-0.2, 0) is 6.42 Å². The Hall–Kier alpha value is -1.02. The topological polar surface area (TPSA) is 29.5 Å². The summed E-state index contributed by atoms with van der Waals surface area (Å²) in [6.45, 7) is 4.13. The second-order valence-electron chi connectivity index (χ2n) is 4.69. The van der Waals surface area contributed by atoms with E-state index in [1.807, 2.05) is 0 Å². The molecule has 0 aliphatic heterocycles. The number of methoxy groups -OCH3 is 1. The number of rotatable bonds is 1. The molecular weight excluding hydrogens is 200 g/mol. The highest BCUT2D eigenvalue weighted by Gasteiger charge is 2.21. The summed E-state index contributed by atoms with van der Waals surface area (Å²) in [5, 5.41) is 10.2. The summed E-state index contributed by atoms with van der Waals surface area (Å²) < 4.78 is 5.42. The van der Waals surface area contributed by atoms with Gasteiger partial charge in [0.25, 0.3) is 0 Å². The number of ether oxygens (including phenoxy) is 1. The van der Waals surface area contributed by atoms with Crippen LogP contribution in [0.4, 0.5) is 0 Å². The third-order valence-electron chi connectivity index (χ3n) is 3.55. The van der Waals surface area contributed by atoms with E-state index in [-0.39, 0.29) is 6.10 Å². The molecule has 88 valence electrons. The molecule has 1 N–H and O–H groups in total. The predicted octanol–water partition coefficient (Wildman–Crippen LogP) is 3.07. The Bertz CT molecular complexity index is 396. The molecular formula is C14H20O2. The van der Waals surface area contributed by atoms with Gasteiger partial charge in [0, 0.05) is 0 Å². The van der Waals surface area contributed by atoms with E-state index in [2.05, 4.69) is 19.9 Å². The lowest BCUT2D eigenvalue weighted by Crippen LogP contribution is -2.05. The van der Waals surface area contributed by atoms with Crippen LogP contribution < -0.4 is 4.74 Å². The smallest absolute Gasteiger partial charge is 0.125 e. The number of aliphatic hydroxyl groups is 1. The van der Waals surface area contributed by atoms with Crippen molar-refractivity contribution in [2.24, 2.45) is 0 Å². The van der Waals surface area contributed by atoms with Crippen LogP contribution in [0.25, 0.3) is 0 Å². The van der Waals surface area contributed by atoms with Crippen LogP contribution in [0.1, 0.15) is 47.6 Å². The van der Waals surface area contributed by atoms with Crippen molar-refractivity contribution in [1.29, 1.82) is 0 Å². The highest BCUT2D eigenvalue weighted by atomic mass is 16.5. The van der Waals surface area contributed by atoms with Crippen molar-refractivity contribution < 1.29 is 9.84 Å². The summed E-state index contributed by atoms with van der Waals surface area (Å²) >= 11 is 0. The van der Waals surface area contributed by atoms with E-state index in [0.29, 0.717) is 0 Å². The highest BCUT2D eigenvalue weighted by Crippen LogP contribution is 2.37. The number of hydrogen-bond donors (Lipinski definition) is 1. The maximum Gasteiger partial charge on any atom is 0.125 e. The van der Waals surface area contributed by atoms with Crippen LogP contribution in [0.5, 0.6) is 5.75 Å². The van der Waals surface area contributed by atoms with Crippen LogP contribution in [-0.4, -0.2) is 12.2 Å². The van der Waals surface area contributed by atoms with Crippen molar-refractivity contribution in [3.05, 3.63) is 28.3 Å². The molecule has 1 aromatic carbocycles. The average Bonchev–Trinajstić information content (AvgIpc) is 2.41. The van der Waals surface area contributed by atoms with Gasteiger partial charge in [-0.3, -0.25) is 0 Å². The molecule has 0 fully saturated rings. The van der Waals surface area contributed by atoms with E-state index in [9.17, 15) is 5.11 Å². The average molecular weight is 220 g/mol. The minimum Gasteiger partial charge on any atom is -0.496 e. The van der Waals surface area contributed by atoms with Crippen molar-refractivity contribution in [1.82, 2.24) is 0 Å². The lowest BCUT2D eigenvalue weighted by Gasteiger charge is -2.19. The second kappa shape index (κ2) is 4.46. The van der Waals surface area contributed by atoms with Crippen molar-refractivity contribution >= 4 is 0 Å². The van der Waals surface area contributed by atoms with E-state index >= 15 is 0 Å². The molecule has 2 rings (SSSR count). The first kappa shape index (κ1) is 11.5. The maximum absolute atomic E-state index is 10.2. The minimum atomic E-state index is -0.313. The standard InChI is InChI=1S/C14H20O2/c1-9-8-11-6-4-5-7-12(15)13(11)10(2)14(9)16-3/h8,12,15H,4-7H2,1-3H3/t12-/m1/s1. The maximum atomic E-state index is 10.2. The summed E-state index contributed by atoms with van der Waals surface area (Å²) in [5.74, 6) is 0.930. The van der Waals surface area contributed by atoms with Gasteiger partial charge in [-0.25, -0.2) is 0 Å². The fourth-order valence-corrected chi connectivity index (χ4v) is 2.85. The molecule has 0 saturated heterocycles. The molecule has 0 unspecified atom stereocenters. The van der Waals surface area contributed by atoms with Crippen LogP contribution in [0, 0.1) is 13.8 Å². The number of hydrogen-bond acceptors (Lipinski definition) is 2. The quantitative estimate of drug-likeness (QED) is 0.737. The lowest BCUT2D eigenvalue weighted by atomic mass is 9.93. The monoisotopic (exact) mass is 220 g/mol. The van der Waals surface area contributed by atoms with Gasteiger partial charge < -0.3 is 9.84 Å². The fraction of sp³-hybridized carbons (Fsp3) is 0.571. The van der Waals surface area contributed by atoms with E-state index in [1.165, 1.54) is 17.5 Å². The molecule has 0 amide bonds. The first-order valence-electron chi connectivity index (χ1n) is 6.00. The van der Waals surface area contributed by atoms with E-state index in [1.54, 1.807) is 7.11 Å². The normalized spacial score (nSPS) is 20.1. The zero-order valence-electron chi connectivity index (χ0n) is 10.3. The summed E-state index contributed by atoms with van der Waals surface area (Å²) in [7, 11) is 1.70. The van der Waals surface area contributed by atoms with Gasteiger partial charge in [0.2, 0.25) is 0 Å². The Balaban J connectivity index is 2.60. The Morgan fingerprint density at radius 1 is 1.31 bits per heavy atom. The Kier molecular flexibility index (Phi) is 3.20. The summed E-state index contributed by atoms with van der Waals surface area (Å²) in [5.41, 5.74) is 4.71. The first-order chi connectivity index (χ1) is 7.65. The van der Waals surface area contributed by atoms with Gasteiger partial charge in [-0.05, 0) is 55.4 Å². The predicted molar refractivity (Wildman–Crippen MR) is 65.0 cm³/mol. The van der Waals surface area contributed by atoms with Gasteiger partial charge in [-0.2, -0.15) is 0 Å². The lowest BCUT2D eigenvalue weighted by molar-refractivity contribution is 0.165. The number of aryl methyl sites for hydroxylation is 2. The molecule has 0 bridgehead atoms. The van der Waals surface area contributed by atoms with E-state index < -0.39 is 0 Å². The summed E-state index contributed by atoms with van der Waals surface area (Å²) in [4.78, 5) is 0. The van der Waals surface area contributed by atoms with Gasteiger partial charge in [-0.1, -0.05) is 12.5 Å². The van der Waals surface area contributed by atoms with Crippen molar-refractivity contribution in [3.63, 3.8) is 0 Å². The Labute approximate surface area is 97.3 Å². The summed E-state index contributed by atoms with van der Waals surface area (Å²) in [6.07, 6.45) is 3.93. The first-order valence-corrected chi connectivity index (χ1v) is 6.00. The molecule has 0 aromatic heterocycles. The Morgan fingerprint density at radius 3 is 2.75 bits per heavy atom. The van der Waals surface area contributed by atoms with Gasteiger partial charge in [-0.15, -0.1) is 0 Å². The molecule has 0 spiro atoms. The van der Waals surface area contributed by atoms with Crippen LogP contribution in [0.15, 0.2) is 6.07 Å². The molecule has 0 saturated carbocycles. The van der Waals surface area contributed by atoms with Crippen molar-refractivity contribution in [2.75, 3.05) is 7.11 Å². The third-order valence-corrected chi connectivity index (χ3v) is 3.55. The van der Waals surface area contributed by atoms with Crippen molar-refractivity contribution in [3.8, 4) is 5.75 Å². The Morgan fingerprint density at radius 2 is 2.06 bits per heavy atom. The SMILES string of the molecule is COc1c(C)cc2c(c1C)[C@H](O)CCCC2. The van der Waals surface area contributed by atoms with Crippen LogP contribution in [0.2, 0.25) is 0 Å². The highest BCUT2D eigenvalue weighted by molar-refractivity contribution is 5.50. The fourth-order valence-electron chi connectivity index (χ4n) is 2.85. The molecule has 2 nitrogen and oxygen atoms in total. The molecule has 0 heterocycles. The van der Waals surface area contributed by atoms with Gasteiger partial charge in [0.1, 0.15) is 5.75 Å². The van der Waals surface area contributed by atoms with E-state index in [0.717, 1.165) is 36.1 Å². The number of benzene rings is 1. The van der Waals surface area contributed by atoms with Gasteiger partial charge in [0.05, 0.1) is 13.2 Å². The largest absolute Gasteiger partial charge is 0.496 e. The van der Waals surface area contributed by atoms with Crippen LogP contribution in [0.3, 0.4) is 0 Å². The molecule has 16 heavy (non-hydrogen) atoms.